The van der Waals surface area contributed by atoms with E-state index in [0.717, 1.165) is 14.3 Å². The van der Waals surface area contributed by atoms with Crippen molar-refractivity contribution >= 4 is 72.5 Å². The number of hydrogen-bond donors (Lipinski definition) is 1. The molecular weight excluding hydrogens is 567 g/mol. The van der Waals surface area contributed by atoms with Gasteiger partial charge in [-0.1, -0.05) is 63.4 Å². The van der Waals surface area contributed by atoms with Crippen molar-refractivity contribution in [3.63, 3.8) is 0 Å². The molecule has 0 saturated carbocycles. The monoisotopic (exact) mass is 586 g/mol. The van der Waals surface area contributed by atoms with Gasteiger partial charge in [-0.2, -0.15) is 11.8 Å². The first-order valence-electron chi connectivity index (χ1n) is 9.90. The van der Waals surface area contributed by atoms with Crippen molar-refractivity contribution in [2.24, 2.45) is 0 Å². The maximum atomic E-state index is 13.3. The smallest absolute Gasteiger partial charge is 0.264 e. The van der Waals surface area contributed by atoms with Gasteiger partial charge in [-0.3, -0.25) is 9.10 Å². The van der Waals surface area contributed by atoms with E-state index in [4.69, 9.17) is 23.2 Å². The largest absolute Gasteiger partial charge is 0.354 e. The summed E-state index contributed by atoms with van der Waals surface area (Å²) in [7, 11) is -3.92. The lowest BCUT2D eigenvalue weighted by atomic mass is 10.2. The standard InChI is InChI=1S/C23H21BrCl2N2O3S2/c24-17-9-11-18(12-10-17)28(33(30,31)19-5-2-1-3-6-19)15-23(29)27-13-14-32-16-20-21(25)7-4-8-22(20)26/h1-12H,13-16H2,(H,27,29). The predicted octanol–water partition coefficient (Wildman–Crippen LogP) is 6.00. The third kappa shape index (κ3) is 7.13. The molecule has 1 N–H and O–H groups in total. The van der Waals surface area contributed by atoms with Crippen LogP contribution in [0.5, 0.6) is 0 Å². The van der Waals surface area contributed by atoms with E-state index in [1.807, 2.05) is 0 Å². The van der Waals surface area contributed by atoms with Gasteiger partial charge in [0.1, 0.15) is 6.54 Å². The second kappa shape index (κ2) is 12.1. The van der Waals surface area contributed by atoms with Crippen LogP contribution in [0.25, 0.3) is 0 Å². The summed E-state index contributed by atoms with van der Waals surface area (Å²) in [5.41, 5.74) is 1.26. The Morgan fingerprint density at radius 2 is 1.58 bits per heavy atom. The summed E-state index contributed by atoms with van der Waals surface area (Å²) >= 11 is 17.3. The molecule has 0 spiro atoms. The third-order valence-electron chi connectivity index (χ3n) is 4.61. The first-order valence-corrected chi connectivity index (χ1v) is 14.0. The zero-order valence-electron chi connectivity index (χ0n) is 17.4. The van der Waals surface area contributed by atoms with Crippen LogP contribution in [0, 0.1) is 0 Å². The highest BCUT2D eigenvalue weighted by Gasteiger charge is 2.27. The van der Waals surface area contributed by atoms with Gasteiger partial charge in [-0.15, -0.1) is 0 Å². The quantitative estimate of drug-likeness (QED) is 0.295. The van der Waals surface area contributed by atoms with E-state index in [-0.39, 0.29) is 11.4 Å². The maximum Gasteiger partial charge on any atom is 0.264 e. The number of amides is 1. The van der Waals surface area contributed by atoms with Crippen LogP contribution >= 0.6 is 50.9 Å². The summed E-state index contributed by atoms with van der Waals surface area (Å²) in [6.07, 6.45) is 0. The van der Waals surface area contributed by atoms with Crippen molar-refractivity contribution < 1.29 is 13.2 Å². The molecule has 3 rings (SSSR count). The molecule has 0 radical (unpaired) electrons. The number of thioether (sulfide) groups is 1. The van der Waals surface area contributed by atoms with Gasteiger partial charge in [-0.25, -0.2) is 8.42 Å². The van der Waals surface area contributed by atoms with Gasteiger partial charge in [0, 0.05) is 32.6 Å². The van der Waals surface area contributed by atoms with Crippen LogP contribution in [0.2, 0.25) is 10.0 Å². The van der Waals surface area contributed by atoms with E-state index in [2.05, 4.69) is 21.2 Å². The average molecular weight is 588 g/mol. The highest BCUT2D eigenvalue weighted by molar-refractivity contribution is 9.10. The number of sulfonamides is 1. The Balaban J connectivity index is 1.62. The summed E-state index contributed by atoms with van der Waals surface area (Å²) in [5.74, 6) is 0.840. The SMILES string of the molecule is O=C(CN(c1ccc(Br)cc1)S(=O)(=O)c1ccccc1)NCCSCc1c(Cl)cccc1Cl. The molecule has 0 unspecified atom stereocenters. The van der Waals surface area contributed by atoms with Crippen LogP contribution in [0.1, 0.15) is 5.56 Å². The molecular formula is C23H21BrCl2N2O3S2. The highest BCUT2D eigenvalue weighted by atomic mass is 79.9. The van der Waals surface area contributed by atoms with Gasteiger partial charge in [0.15, 0.2) is 0 Å². The Bertz CT molecular complexity index is 1170. The molecule has 0 bridgehead atoms. The Morgan fingerprint density at radius 3 is 2.21 bits per heavy atom. The van der Waals surface area contributed by atoms with Crippen LogP contribution in [0.3, 0.4) is 0 Å². The molecule has 1 amide bonds. The van der Waals surface area contributed by atoms with Gasteiger partial charge < -0.3 is 5.32 Å². The number of anilines is 1. The number of nitrogens with zero attached hydrogens (tertiary/aromatic N) is 1. The summed E-state index contributed by atoms with van der Waals surface area (Å²) < 4.78 is 28.4. The zero-order valence-corrected chi connectivity index (χ0v) is 22.1. The molecule has 0 saturated heterocycles. The molecule has 0 fully saturated rings. The van der Waals surface area contributed by atoms with Gasteiger partial charge >= 0.3 is 0 Å². The molecule has 0 aromatic heterocycles. The van der Waals surface area contributed by atoms with Crippen LogP contribution < -0.4 is 9.62 Å². The summed E-state index contributed by atoms with van der Waals surface area (Å²) in [6.45, 7) is 0.0466. The van der Waals surface area contributed by atoms with Gasteiger partial charge in [-0.05, 0) is 54.1 Å². The number of halogens is 3. The minimum absolute atomic E-state index is 0.118. The Morgan fingerprint density at radius 1 is 0.939 bits per heavy atom. The lowest BCUT2D eigenvalue weighted by molar-refractivity contribution is -0.119. The lowest BCUT2D eigenvalue weighted by Gasteiger charge is -2.24. The molecule has 0 aliphatic rings. The molecule has 0 heterocycles. The molecule has 0 aliphatic heterocycles. The van der Waals surface area contributed by atoms with Gasteiger partial charge in [0.2, 0.25) is 5.91 Å². The van der Waals surface area contributed by atoms with E-state index < -0.39 is 15.9 Å². The van der Waals surface area contributed by atoms with Crippen LogP contribution in [-0.2, 0) is 20.6 Å². The fourth-order valence-electron chi connectivity index (χ4n) is 2.94. The number of nitrogens with one attached hydrogen (secondary N) is 1. The second-order valence-corrected chi connectivity index (χ2v) is 11.6. The molecule has 33 heavy (non-hydrogen) atoms. The average Bonchev–Trinajstić information content (AvgIpc) is 2.80. The molecule has 5 nitrogen and oxygen atoms in total. The maximum absolute atomic E-state index is 13.3. The first kappa shape index (κ1) is 25.9. The third-order valence-corrected chi connectivity index (χ3v) is 8.62. The number of benzene rings is 3. The summed E-state index contributed by atoms with van der Waals surface area (Å²) in [4.78, 5) is 12.8. The molecule has 174 valence electrons. The van der Waals surface area contributed by atoms with Crippen molar-refractivity contribution in [1.82, 2.24) is 5.32 Å². The van der Waals surface area contributed by atoms with E-state index in [0.29, 0.717) is 33.8 Å². The normalized spacial score (nSPS) is 11.2. The Labute approximate surface area is 216 Å². The van der Waals surface area contributed by atoms with E-state index >= 15 is 0 Å². The Kier molecular flexibility index (Phi) is 9.52. The Hall–Kier alpha value is -1.71. The second-order valence-electron chi connectivity index (χ2n) is 6.90. The van der Waals surface area contributed by atoms with E-state index in [9.17, 15) is 13.2 Å². The fourth-order valence-corrected chi connectivity index (χ4v) is 6.24. The number of carbonyl (C=O) groups excluding carboxylic acids is 1. The van der Waals surface area contributed by atoms with Crippen molar-refractivity contribution in [3.8, 4) is 0 Å². The molecule has 10 heteroatoms. The number of hydrogen-bond acceptors (Lipinski definition) is 4. The van der Waals surface area contributed by atoms with E-state index in [1.54, 1.807) is 72.4 Å². The fraction of sp³-hybridized carbons (Fsp3) is 0.174. The summed E-state index contributed by atoms with van der Waals surface area (Å²) in [5, 5.41) is 4.01. The van der Waals surface area contributed by atoms with Crippen molar-refractivity contribution in [2.45, 2.75) is 10.6 Å². The number of rotatable bonds is 10. The van der Waals surface area contributed by atoms with Crippen molar-refractivity contribution in [2.75, 3.05) is 23.1 Å². The molecule has 0 atom stereocenters. The number of carbonyl (C=O) groups is 1. The minimum atomic E-state index is -3.92. The molecule has 0 aliphatic carbocycles. The topological polar surface area (TPSA) is 66.5 Å². The lowest BCUT2D eigenvalue weighted by Crippen LogP contribution is -2.41. The van der Waals surface area contributed by atoms with Crippen molar-refractivity contribution in [1.29, 1.82) is 0 Å². The predicted molar refractivity (Wildman–Crippen MR) is 141 cm³/mol. The van der Waals surface area contributed by atoms with Crippen LogP contribution in [0.15, 0.2) is 82.2 Å². The van der Waals surface area contributed by atoms with E-state index in [1.165, 1.54) is 12.1 Å². The van der Waals surface area contributed by atoms with Gasteiger partial charge in [0.05, 0.1) is 10.6 Å². The summed E-state index contributed by atoms with van der Waals surface area (Å²) in [6, 6.07) is 20.2. The minimum Gasteiger partial charge on any atom is -0.354 e. The molecule has 3 aromatic rings. The zero-order chi connectivity index (χ0) is 23.8. The first-order chi connectivity index (χ1) is 15.8. The van der Waals surface area contributed by atoms with Gasteiger partial charge in [0.25, 0.3) is 10.0 Å². The van der Waals surface area contributed by atoms with Crippen LogP contribution in [-0.4, -0.2) is 33.2 Å². The van der Waals surface area contributed by atoms with Crippen LogP contribution in [0.4, 0.5) is 5.69 Å². The highest BCUT2D eigenvalue weighted by Crippen LogP contribution is 2.28. The molecule has 3 aromatic carbocycles. The van der Waals surface area contributed by atoms with Crippen molar-refractivity contribution in [3.05, 3.63) is 92.9 Å².